The molecule has 0 aliphatic heterocycles. The summed E-state index contributed by atoms with van der Waals surface area (Å²) in [5, 5.41) is 48.7. The zero-order chi connectivity index (χ0) is 20.5. The van der Waals surface area contributed by atoms with Crippen LogP contribution in [-0.4, -0.2) is 78.4 Å². The van der Waals surface area contributed by atoms with Crippen LogP contribution in [0.4, 0.5) is 13.2 Å². The van der Waals surface area contributed by atoms with E-state index in [0.717, 1.165) is 0 Å². The predicted molar refractivity (Wildman–Crippen MR) is 71.1 cm³/mol. The zero-order valence-electron chi connectivity index (χ0n) is 13.2. The van der Waals surface area contributed by atoms with Gasteiger partial charge < -0.3 is 25.5 Å². The third-order valence-electron chi connectivity index (χ3n) is 3.79. The van der Waals surface area contributed by atoms with E-state index in [1.54, 1.807) is 0 Å². The van der Waals surface area contributed by atoms with Gasteiger partial charge in [-0.1, -0.05) is 0 Å². The highest BCUT2D eigenvalue weighted by molar-refractivity contribution is 6.01. The Kier molecular flexibility index (Phi) is 6.61. The number of carboxylic acids is 1. The van der Waals surface area contributed by atoms with Crippen molar-refractivity contribution in [2.24, 2.45) is 5.92 Å². The van der Waals surface area contributed by atoms with Gasteiger partial charge in [0.05, 0.1) is 0 Å². The van der Waals surface area contributed by atoms with Crippen molar-refractivity contribution in [1.29, 1.82) is 0 Å². The summed E-state index contributed by atoms with van der Waals surface area (Å²) in [6.45, 7) is 1.20. The summed E-state index contributed by atoms with van der Waals surface area (Å²) in [4.78, 5) is 45.6. The van der Waals surface area contributed by atoms with E-state index < -0.39 is 58.8 Å². The summed E-state index contributed by atoms with van der Waals surface area (Å²) >= 11 is 0. The molecule has 144 valence electrons. The second kappa shape index (κ2) is 7.15. The molecule has 0 heterocycles. The minimum absolute atomic E-state index is 0.239. The number of alkyl halides is 3. The van der Waals surface area contributed by atoms with Crippen LogP contribution in [0.3, 0.4) is 0 Å². The van der Waals surface area contributed by atoms with Gasteiger partial charge in [-0.2, -0.15) is 13.2 Å². The maximum atomic E-state index is 13.1. The summed E-state index contributed by atoms with van der Waals surface area (Å²) in [7, 11) is 0. The van der Waals surface area contributed by atoms with Crippen LogP contribution in [0.5, 0.6) is 0 Å². The lowest BCUT2D eigenvalue weighted by Crippen LogP contribution is -2.76. The van der Waals surface area contributed by atoms with Crippen LogP contribution in [0.25, 0.3) is 0 Å². The summed E-state index contributed by atoms with van der Waals surface area (Å²) in [6, 6.07) is 0. The molecule has 0 saturated carbocycles. The van der Waals surface area contributed by atoms with Gasteiger partial charge in [-0.25, -0.2) is 0 Å². The molecule has 0 aromatic rings. The van der Waals surface area contributed by atoms with Gasteiger partial charge in [-0.3, -0.25) is 19.2 Å². The van der Waals surface area contributed by atoms with E-state index in [9.17, 15) is 52.8 Å². The molecule has 0 radical (unpaired) electrons. The molecule has 0 aromatic heterocycles. The Labute approximate surface area is 138 Å². The maximum absolute atomic E-state index is 13.1. The lowest BCUT2D eigenvalue weighted by molar-refractivity contribution is -0.274. The van der Waals surface area contributed by atoms with E-state index in [1.807, 2.05) is 0 Å². The van der Waals surface area contributed by atoms with Crippen LogP contribution in [0.15, 0.2) is 0 Å². The minimum Gasteiger partial charge on any atom is -0.481 e. The Morgan fingerprint density at radius 1 is 0.840 bits per heavy atom. The Hall–Kier alpha value is -1.89. The standard InChI is InChI=1S/C13H17F3O9/c1-4(17)7(20)9(21)12(25,6(3)19)11(24,5(2)18)8(10(22)23)13(14,15)16/h7-9,20-21,24-25H,1-3H3,(H,22,23)/t7?,8-,9+,11+,12-/m0/s1. The molecule has 0 aromatic carbocycles. The van der Waals surface area contributed by atoms with Crippen molar-refractivity contribution in [2.45, 2.75) is 50.4 Å². The number of aliphatic carboxylic acids is 1. The molecular weight excluding hydrogens is 357 g/mol. The first kappa shape index (κ1) is 23.1. The number of carbonyl (C=O) groups excluding carboxylic acids is 3. The van der Waals surface area contributed by atoms with Gasteiger partial charge in [-0.05, 0) is 20.8 Å². The number of rotatable bonds is 8. The van der Waals surface area contributed by atoms with E-state index in [2.05, 4.69) is 0 Å². The van der Waals surface area contributed by atoms with Crippen LogP contribution in [-0.2, 0) is 19.2 Å². The van der Waals surface area contributed by atoms with Gasteiger partial charge in [-0.15, -0.1) is 0 Å². The largest absolute Gasteiger partial charge is 0.481 e. The highest BCUT2D eigenvalue weighted by Crippen LogP contribution is 2.44. The van der Waals surface area contributed by atoms with E-state index in [4.69, 9.17) is 5.11 Å². The van der Waals surface area contributed by atoms with Gasteiger partial charge in [0, 0.05) is 0 Å². The average Bonchev–Trinajstić information content (AvgIpc) is 2.41. The molecule has 0 spiro atoms. The van der Waals surface area contributed by atoms with Crippen molar-refractivity contribution in [3.8, 4) is 0 Å². The molecule has 0 fully saturated rings. The molecule has 12 heteroatoms. The van der Waals surface area contributed by atoms with E-state index in [-0.39, 0.29) is 6.92 Å². The smallest absolute Gasteiger partial charge is 0.405 e. The average molecular weight is 374 g/mol. The van der Waals surface area contributed by atoms with Gasteiger partial charge >= 0.3 is 12.1 Å². The quantitative estimate of drug-likeness (QED) is 0.329. The summed E-state index contributed by atoms with van der Waals surface area (Å²) in [5.74, 6) is -12.1. The molecule has 5 atom stereocenters. The molecule has 0 saturated heterocycles. The molecule has 0 aliphatic rings. The Morgan fingerprint density at radius 3 is 1.40 bits per heavy atom. The molecule has 9 nitrogen and oxygen atoms in total. The molecule has 0 aliphatic carbocycles. The number of aliphatic hydroxyl groups excluding tert-OH is 2. The Bertz CT molecular complexity index is 588. The topological polar surface area (TPSA) is 169 Å². The summed E-state index contributed by atoms with van der Waals surface area (Å²) in [6.07, 6.45) is -11.7. The van der Waals surface area contributed by atoms with Crippen LogP contribution in [0.1, 0.15) is 20.8 Å². The first-order valence-corrected chi connectivity index (χ1v) is 6.60. The second-order valence-electron chi connectivity index (χ2n) is 5.46. The number of ketones is 3. The number of Topliss-reactive ketones (excluding diaryl/α,β-unsaturated/α-hetero) is 3. The van der Waals surface area contributed by atoms with Crippen molar-refractivity contribution >= 4 is 23.3 Å². The van der Waals surface area contributed by atoms with Gasteiger partial charge in [0.1, 0.15) is 12.2 Å². The first-order chi connectivity index (χ1) is 11.0. The normalized spacial score (nSPS) is 20.6. The first-order valence-electron chi connectivity index (χ1n) is 6.60. The molecule has 5 N–H and O–H groups in total. The Balaban J connectivity index is 6.88. The minimum atomic E-state index is -5.85. The third kappa shape index (κ3) is 3.71. The molecule has 25 heavy (non-hydrogen) atoms. The fourth-order valence-corrected chi connectivity index (χ4v) is 2.40. The van der Waals surface area contributed by atoms with Crippen molar-refractivity contribution in [3.63, 3.8) is 0 Å². The lowest BCUT2D eigenvalue weighted by atomic mass is 9.65. The highest BCUT2D eigenvalue weighted by atomic mass is 19.4. The fraction of sp³-hybridized carbons (Fsp3) is 0.692. The van der Waals surface area contributed by atoms with Crippen molar-refractivity contribution in [2.75, 3.05) is 0 Å². The third-order valence-corrected chi connectivity index (χ3v) is 3.79. The monoisotopic (exact) mass is 374 g/mol. The highest BCUT2D eigenvalue weighted by Gasteiger charge is 2.73. The zero-order valence-corrected chi connectivity index (χ0v) is 13.2. The molecule has 1 unspecified atom stereocenters. The van der Waals surface area contributed by atoms with Gasteiger partial charge in [0.2, 0.25) is 0 Å². The number of hydrogen-bond acceptors (Lipinski definition) is 8. The molecule has 0 rings (SSSR count). The van der Waals surface area contributed by atoms with Crippen LogP contribution < -0.4 is 0 Å². The lowest BCUT2D eigenvalue weighted by Gasteiger charge is -2.46. The fourth-order valence-electron chi connectivity index (χ4n) is 2.40. The van der Waals surface area contributed by atoms with E-state index in [1.165, 1.54) is 0 Å². The van der Waals surface area contributed by atoms with Gasteiger partial charge in [0.25, 0.3) is 0 Å². The van der Waals surface area contributed by atoms with Crippen LogP contribution in [0.2, 0.25) is 0 Å². The maximum Gasteiger partial charge on any atom is 0.405 e. The number of carboxylic acid groups (broad SMARTS) is 1. The predicted octanol–water partition coefficient (Wildman–Crippen LogP) is -1.80. The van der Waals surface area contributed by atoms with E-state index >= 15 is 0 Å². The summed E-state index contributed by atoms with van der Waals surface area (Å²) < 4.78 is 39.4. The number of halogens is 3. The molecular formula is C13H17F3O9. The number of hydrogen-bond donors (Lipinski definition) is 5. The SMILES string of the molecule is CC(=O)C(O)[C@@H](O)[C@@](O)(C(C)=O)[C@@](O)(C(C)=O)[C@H](C(=O)O)C(F)(F)F. The van der Waals surface area contributed by atoms with E-state index in [0.29, 0.717) is 13.8 Å². The van der Waals surface area contributed by atoms with Crippen molar-refractivity contribution in [1.82, 2.24) is 0 Å². The van der Waals surface area contributed by atoms with Crippen molar-refractivity contribution < 1.29 is 57.9 Å². The molecule has 0 amide bonds. The second-order valence-corrected chi connectivity index (χ2v) is 5.46. The molecule has 0 bridgehead atoms. The van der Waals surface area contributed by atoms with Crippen LogP contribution in [0, 0.1) is 5.92 Å². The van der Waals surface area contributed by atoms with Crippen molar-refractivity contribution in [3.05, 3.63) is 0 Å². The van der Waals surface area contributed by atoms with Gasteiger partial charge in [0.15, 0.2) is 34.5 Å². The summed E-state index contributed by atoms with van der Waals surface area (Å²) in [5.41, 5.74) is -8.58. The number of carbonyl (C=O) groups is 4. The van der Waals surface area contributed by atoms with Crippen LogP contribution >= 0.6 is 0 Å². The Morgan fingerprint density at radius 2 is 1.20 bits per heavy atom. The number of aliphatic hydroxyl groups is 4.